The fourth-order valence-corrected chi connectivity index (χ4v) is 3.57. The zero-order valence-corrected chi connectivity index (χ0v) is 17.8. The fourth-order valence-electron chi connectivity index (χ4n) is 2.43. The molecule has 2 fully saturated rings. The maximum Gasteiger partial charge on any atom is 0.0756 e. The molecule has 0 atom stereocenters. The highest BCUT2D eigenvalue weighted by Gasteiger charge is 2.36. The van der Waals surface area contributed by atoms with Gasteiger partial charge in [0.1, 0.15) is 0 Å². The molecule has 1 N–H and O–H groups in total. The van der Waals surface area contributed by atoms with Gasteiger partial charge in [-0.2, -0.15) is 0 Å². The quantitative estimate of drug-likeness (QED) is 0.332. The lowest BCUT2D eigenvalue weighted by molar-refractivity contribution is 0.492. The first-order valence-electron chi connectivity index (χ1n) is 8.40. The van der Waals surface area contributed by atoms with Crippen LogP contribution in [0.4, 0.5) is 0 Å². The molecular weight excluding hydrogens is 364 g/mol. The fraction of sp³-hybridized carbons (Fsp3) is 0.882. The SMILES string of the molecule is CC1(CCCC(=S)SO)CC1.COSC(=S)CCCC1(C)CC1. The van der Waals surface area contributed by atoms with Crippen LogP contribution in [0.25, 0.3) is 0 Å². The first-order valence-corrected chi connectivity index (χ1v) is 10.7. The smallest absolute Gasteiger partial charge is 0.0756 e. The average molecular weight is 395 g/mol. The van der Waals surface area contributed by atoms with Crippen molar-refractivity contribution in [3.63, 3.8) is 0 Å². The highest BCUT2D eigenvalue weighted by Crippen LogP contribution is 2.49. The van der Waals surface area contributed by atoms with Crippen LogP contribution in [0.15, 0.2) is 0 Å². The molecule has 0 aromatic carbocycles. The summed E-state index contributed by atoms with van der Waals surface area (Å²) < 4.78 is 15.2. The Kier molecular flexibility index (Phi) is 10.2. The van der Waals surface area contributed by atoms with E-state index in [0.717, 1.165) is 39.7 Å². The summed E-state index contributed by atoms with van der Waals surface area (Å²) >= 11 is 12.0. The Morgan fingerprint density at radius 2 is 1.39 bits per heavy atom. The number of rotatable bonds is 9. The molecule has 0 aromatic heterocycles. The van der Waals surface area contributed by atoms with Crippen molar-refractivity contribution >= 4 is 56.9 Å². The van der Waals surface area contributed by atoms with Gasteiger partial charge in [-0.15, -0.1) is 0 Å². The molecule has 0 saturated heterocycles. The zero-order chi connectivity index (χ0) is 17.3. The summed E-state index contributed by atoms with van der Waals surface area (Å²) in [4.78, 5) is 0. The van der Waals surface area contributed by atoms with Gasteiger partial charge in [0.15, 0.2) is 0 Å². The molecule has 6 heteroatoms. The van der Waals surface area contributed by atoms with Crippen molar-refractivity contribution in [2.45, 2.75) is 78.1 Å². The standard InChI is InChI=1S/C9H16OS2.C8H14OS2/c1-9(6-7-9)5-3-4-8(11)12-10-2;1-8(5-6-8)4-2-3-7(10)11-9/h3-7H2,1-2H3;9H,2-6H2,1H3. The van der Waals surface area contributed by atoms with Gasteiger partial charge in [-0.05, 0) is 75.0 Å². The van der Waals surface area contributed by atoms with Gasteiger partial charge in [0.05, 0.1) is 15.5 Å². The third kappa shape index (κ3) is 11.1. The molecule has 134 valence electrons. The van der Waals surface area contributed by atoms with Gasteiger partial charge in [-0.25, -0.2) is 0 Å². The molecule has 2 aliphatic carbocycles. The minimum Gasteiger partial charge on any atom is -0.325 e. The van der Waals surface area contributed by atoms with E-state index in [1.807, 2.05) is 0 Å². The molecule has 2 nitrogen and oxygen atoms in total. The van der Waals surface area contributed by atoms with Gasteiger partial charge >= 0.3 is 0 Å². The van der Waals surface area contributed by atoms with E-state index < -0.39 is 0 Å². The number of thiocarbonyl (C=S) groups is 2. The summed E-state index contributed by atoms with van der Waals surface area (Å²) in [6.45, 7) is 4.68. The van der Waals surface area contributed by atoms with Crippen molar-refractivity contribution in [2.75, 3.05) is 7.11 Å². The molecule has 2 rings (SSSR count). The van der Waals surface area contributed by atoms with Crippen LogP contribution in [-0.4, -0.2) is 20.1 Å². The van der Waals surface area contributed by atoms with E-state index in [-0.39, 0.29) is 0 Å². The van der Waals surface area contributed by atoms with Crippen LogP contribution in [0.1, 0.15) is 78.1 Å². The third-order valence-corrected chi connectivity index (χ3v) is 6.61. The summed E-state index contributed by atoms with van der Waals surface area (Å²) in [6, 6.07) is 0. The topological polar surface area (TPSA) is 29.5 Å². The van der Waals surface area contributed by atoms with Crippen LogP contribution in [0.3, 0.4) is 0 Å². The molecule has 23 heavy (non-hydrogen) atoms. The van der Waals surface area contributed by atoms with E-state index in [0.29, 0.717) is 10.8 Å². The van der Waals surface area contributed by atoms with E-state index in [1.54, 1.807) is 7.11 Å². The van der Waals surface area contributed by atoms with Gasteiger partial charge in [0, 0.05) is 24.1 Å². The van der Waals surface area contributed by atoms with E-state index in [2.05, 4.69) is 13.8 Å². The average Bonchev–Trinajstić information content (AvgIpc) is 3.41. The maximum absolute atomic E-state index is 8.56. The monoisotopic (exact) mass is 394 g/mol. The van der Waals surface area contributed by atoms with Gasteiger partial charge in [-0.1, -0.05) is 38.3 Å². The lowest BCUT2D eigenvalue weighted by Gasteiger charge is -2.06. The van der Waals surface area contributed by atoms with Crippen LogP contribution >= 0.6 is 48.5 Å². The van der Waals surface area contributed by atoms with Crippen LogP contribution in [0.5, 0.6) is 0 Å². The Balaban J connectivity index is 0.000000231. The Morgan fingerprint density at radius 1 is 0.957 bits per heavy atom. The molecule has 0 bridgehead atoms. The Morgan fingerprint density at radius 3 is 1.74 bits per heavy atom. The van der Waals surface area contributed by atoms with E-state index in [9.17, 15) is 0 Å². The number of hydrogen-bond acceptors (Lipinski definition) is 6. The molecular formula is C17H30O2S4. The van der Waals surface area contributed by atoms with Gasteiger partial charge < -0.3 is 8.74 Å². The highest BCUT2D eigenvalue weighted by atomic mass is 32.2. The predicted octanol–water partition coefficient (Wildman–Crippen LogP) is 7.07. The van der Waals surface area contributed by atoms with Gasteiger partial charge in [0.25, 0.3) is 0 Å². The first kappa shape index (κ1) is 21.8. The molecule has 2 saturated carbocycles. The second-order valence-corrected chi connectivity index (χ2v) is 10.6. The molecule has 0 spiro atoms. The van der Waals surface area contributed by atoms with Crippen molar-refractivity contribution in [1.29, 1.82) is 0 Å². The summed E-state index contributed by atoms with van der Waals surface area (Å²) in [6.07, 6.45) is 12.5. The van der Waals surface area contributed by atoms with Crippen molar-refractivity contribution < 1.29 is 8.74 Å². The second kappa shape index (κ2) is 10.7. The van der Waals surface area contributed by atoms with Gasteiger partial charge in [-0.3, -0.25) is 0 Å². The summed E-state index contributed by atoms with van der Waals surface area (Å²) in [5.41, 5.74) is 1.31. The molecule has 0 unspecified atom stereocenters. The van der Waals surface area contributed by atoms with Crippen LogP contribution in [-0.2, 0) is 4.18 Å². The summed E-state index contributed by atoms with van der Waals surface area (Å²) in [5, 5.41) is 0. The summed E-state index contributed by atoms with van der Waals surface area (Å²) in [5.74, 6) is 0. The minimum absolute atomic E-state index is 0.635. The Labute approximate surface area is 161 Å². The molecule has 0 amide bonds. The third-order valence-electron chi connectivity index (χ3n) is 4.81. The minimum atomic E-state index is 0.635. The predicted molar refractivity (Wildman–Crippen MR) is 112 cm³/mol. The van der Waals surface area contributed by atoms with Gasteiger partial charge in [0.2, 0.25) is 0 Å². The molecule has 0 radical (unpaired) electrons. The maximum atomic E-state index is 8.56. The lowest BCUT2D eigenvalue weighted by Crippen LogP contribution is -1.95. The molecule has 0 aliphatic heterocycles. The molecule has 0 aromatic rings. The number of hydrogen-bond donors (Lipinski definition) is 1. The van der Waals surface area contributed by atoms with Crippen molar-refractivity contribution in [3.05, 3.63) is 0 Å². The van der Waals surface area contributed by atoms with Crippen LogP contribution in [0.2, 0.25) is 0 Å². The lowest BCUT2D eigenvalue weighted by atomic mass is 10.0. The summed E-state index contributed by atoms with van der Waals surface area (Å²) in [7, 11) is 1.67. The normalized spacial score (nSPS) is 19.5. The van der Waals surface area contributed by atoms with Crippen molar-refractivity contribution in [1.82, 2.24) is 0 Å². The van der Waals surface area contributed by atoms with Crippen molar-refractivity contribution in [2.24, 2.45) is 10.8 Å². The largest absolute Gasteiger partial charge is 0.325 e. The van der Waals surface area contributed by atoms with E-state index in [1.165, 1.54) is 57.0 Å². The first-order chi connectivity index (χ1) is 10.8. The van der Waals surface area contributed by atoms with Crippen LogP contribution in [0, 0.1) is 10.8 Å². The van der Waals surface area contributed by atoms with Crippen LogP contribution < -0.4 is 0 Å². The highest BCUT2D eigenvalue weighted by molar-refractivity contribution is 8.20. The molecule has 2 aliphatic rings. The molecule has 0 heterocycles. The zero-order valence-electron chi connectivity index (χ0n) is 14.6. The Hall–Kier alpha value is 0.800. The second-order valence-electron chi connectivity index (χ2n) is 7.41. The Bertz CT molecular complexity index is 390. The van der Waals surface area contributed by atoms with E-state index >= 15 is 0 Å². The van der Waals surface area contributed by atoms with Crippen molar-refractivity contribution in [3.8, 4) is 0 Å². The van der Waals surface area contributed by atoms with E-state index in [4.69, 9.17) is 33.2 Å².